The van der Waals surface area contributed by atoms with Crippen LogP contribution in [0.1, 0.15) is 5.69 Å². The molecule has 116 valence electrons. The van der Waals surface area contributed by atoms with Gasteiger partial charge in [0.15, 0.2) is 5.82 Å². The van der Waals surface area contributed by atoms with E-state index in [9.17, 15) is 0 Å². The molecular weight excluding hydrogens is 298 g/mol. The predicted molar refractivity (Wildman–Crippen MR) is 95.0 cm³/mol. The Bertz CT molecular complexity index is 999. The molecule has 4 heterocycles. The Morgan fingerprint density at radius 1 is 0.875 bits per heavy atom. The van der Waals surface area contributed by atoms with E-state index in [1.54, 1.807) is 12.4 Å². The van der Waals surface area contributed by atoms with Crippen molar-refractivity contribution in [1.82, 2.24) is 19.9 Å². The first-order valence-electron chi connectivity index (χ1n) is 7.66. The van der Waals surface area contributed by atoms with Crippen molar-refractivity contribution in [3.63, 3.8) is 0 Å². The number of pyridine rings is 4. The molecule has 0 aliphatic heterocycles. The van der Waals surface area contributed by atoms with E-state index in [1.807, 2.05) is 61.8 Å². The molecule has 1 N–H and O–H groups in total. The van der Waals surface area contributed by atoms with Crippen LogP contribution in [0.15, 0.2) is 67.3 Å². The highest BCUT2D eigenvalue weighted by atomic mass is 15.1. The zero-order valence-electron chi connectivity index (χ0n) is 13.1. The van der Waals surface area contributed by atoms with E-state index in [-0.39, 0.29) is 0 Å². The molecule has 0 saturated heterocycles. The molecule has 0 aliphatic rings. The van der Waals surface area contributed by atoms with Gasteiger partial charge in [0, 0.05) is 47.0 Å². The number of rotatable bonds is 3. The number of hydrogen-bond acceptors (Lipinski definition) is 5. The van der Waals surface area contributed by atoms with Gasteiger partial charge in [-0.3, -0.25) is 9.97 Å². The van der Waals surface area contributed by atoms with Gasteiger partial charge in [0.1, 0.15) is 11.3 Å². The fraction of sp³-hybridized carbons (Fsp3) is 0.0526. The number of aryl methyl sites for hydroxylation is 1. The maximum Gasteiger partial charge on any atom is 0.158 e. The average molecular weight is 313 g/mol. The molecule has 5 nitrogen and oxygen atoms in total. The SMILES string of the molecule is Cc1cccc(Nc2ncc(-c3cccnc3)c3cccnc23)n1. The first kappa shape index (κ1) is 14.3. The van der Waals surface area contributed by atoms with Gasteiger partial charge in [0.05, 0.1) is 0 Å². The standard InChI is InChI=1S/C19H15N5/c1-13-5-2-8-17(23-13)24-19-18-15(7-4-10-21-18)16(12-22-19)14-6-3-9-20-11-14/h2-12H,1H3,(H,22,23,24). The topological polar surface area (TPSA) is 63.6 Å². The molecule has 4 rings (SSSR count). The monoisotopic (exact) mass is 313 g/mol. The molecule has 0 unspecified atom stereocenters. The maximum absolute atomic E-state index is 4.57. The first-order valence-corrected chi connectivity index (χ1v) is 7.66. The zero-order valence-corrected chi connectivity index (χ0v) is 13.1. The summed E-state index contributed by atoms with van der Waals surface area (Å²) in [5.74, 6) is 1.44. The van der Waals surface area contributed by atoms with E-state index in [2.05, 4.69) is 25.3 Å². The van der Waals surface area contributed by atoms with Crippen LogP contribution in [0.2, 0.25) is 0 Å². The second-order valence-electron chi connectivity index (χ2n) is 5.45. The maximum atomic E-state index is 4.57. The molecule has 4 aromatic rings. The van der Waals surface area contributed by atoms with E-state index in [1.165, 1.54) is 0 Å². The van der Waals surface area contributed by atoms with Gasteiger partial charge in [-0.1, -0.05) is 18.2 Å². The molecule has 0 atom stereocenters. The summed E-state index contributed by atoms with van der Waals surface area (Å²) in [6, 6.07) is 13.7. The van der Waals surface area contributed by atoms with Crippen molar-refractivity contribution in [1.29, 1.82) is 0 Å². The summed E-state index contributed by atoms with van der Waals surface area (Å²) in [6.45, 7) is 1.96. The fourth-order valence-corrected chi connectivity index (χ4v) is 2.65. The molecule has 0 aliphatic carbocycles. The number of nitrogens with one attached hydrogen (secondary N) is 1. The number of fused-ring (bicyclic) bond motifs is 1. The molecule has 0 amide bonds. The molecule has 0 spiro atoms. The third-order valence-corrected chi connectivity index (χ3v) is 3.75. The second kappa shape index (κ2) is 6.04. The predicted octanol–water partition coefficient (Wildman–Crippen LogP) is 4.14. The largest absolute Gasteiger partial charge is 0.323 e. The average Bonchev–Trinajstić information content (AvgIpc) is 2.63. The molecule has 0 aromatic carbocycles. The summed E-state index contributed by atoms with van der Waals surface area (Å²) in [6.07, 6.45) is 7.21. The first-order chi connectivity index (χ1) is 11.8. The summed E-state index contributed by atoms with van der Waals surface area (Å²) in [4.78, 5) is 17.7. The van der Waals surface area contributed by atoms with Gasteiger partial charge in [-0.25, -0.2) is 9.97 Å². The van der Waals surface area contributed by atoms with Crippen LogP contribution < -0.4 is 5.32 Å². The van der Waals surface area contributed by atoms with Crippen molar-refractivity contribution in [3.8, 4) is 11.1 Å². The highest BCUT2D eigenvalue weighted by Gasteiger charge is 2.10. The Labute approximate surface area is 139 Å². The number of nitrogens with zero attached hydrogens (tertiary/aromatic N) is 4. The van der Waals surface area contributed by atoms with Crippen LogP contribution in [0.4, 0.5) is 11.6 Å². The molecular formula is C19H15N5. The molecule has 0 fully saturated rings. The quantitative estimate of drug-likeness (QED) is 0.616. The zero-order chi connectivity index (χ0) is 16.4. The molecule has 0 saturated carbocycles. The minimum absolute atomic E-state index is 0.691. The lowest BCUT2D eigenvalue weighted by molar-refractivity contribution is 1.18. The van der Waals surface area contributed by atoms with Gasteiger partial charge in [-0.05, 0) is 31.2 Å². The lowest BCUT2D eigenvalue weighted by atomic mass is 10.0. The van der Waals surface area contributed by atoms with Crippen LogP contribution in [-0.4, -0.2) is 19.9 Å². The summed E-state index contributed by atoms with van der Waals surface area (Å²) in [5.41, 5.74) is 3.78. The van der Waals surface area contributed by atoms with Gasteiger partial charge < -0.3 is 5.32 Å². The Morgan fingerprint density at radius 2 is 1.79 bits per heavy atom. The van der Waals surface area contributed by atoms with E-state index < -0.39 is 0 Å². The van der Waals surface area contributed by atoms with E-state index in [0.29, 0.717) is 5.82 Å². The third kappa shape index (κ3) is 2.67. The Kier molecular flexibility index (Phi) is 3.59. The van der Waals surface area contributed by atoms with Gasteiger partial charge in [-0.2, -0.15) is 0 Å². The lowest BCUT2D eigenvalue weighted by Gasteiger charge is -2.11. The Balaban J connectivity index is 1.84. The summed E-state index contributed by atoms with van der Waals surface area (Å²) < 4.78 is 0. The van der Waals surface area contributed by atoms with Gasteiger partial charge in [0.2, 0.25) is 0 Å². The van der Waals surface area contributed by atoms with E-state index in [4.69, 9.17) is 0 Å². The number of aromatic nitrogens is 4. The molecule has 0 radical (unpaired) electrons. The summed E-state index contributed by atoms with van der Waals surface area (Å²) in [5, 5.41) is 4.29. The van der Waals surface area contributed by atoms with E-state index >= 15 is 0 Å². The minimum atomic E-state index is 0.691. The highest BCUT2D eigenvalue weighted by Crippen LogP contribution is 2.30. The van der Waals surface area contributed by atoms with Gasteiger partial charge in [-0.15, -0.1) is 0 Å². The van der Waals surface area contributed by atoms with Crippen LogP contribution >= 0.6 is 0 Å². The molecule has 24 heavy (non-hydrogen) atoms. The molecule has 0 bridgehead atoms. The van der Waals surface area contributed by atoms with Crippen LogP contribution in [0.3, 0.4) is 0 Å². The van der Waals surface area contributed by atoms with Crippen LogP contribution in [0.5, 0.6) is 0 Å². The van der Waals surface area contributed by atoms with Crippen LogP contribution in [0, 0.1) is 6.92 Å². The van der Waals surface area contributed by atoms with Crippen molar-refractivity contribution in [2.75, 3.05) is 5.32 Å². The third-order valence-electron chi connectivity index (χ3n) is 3.75. The minimum Gasteiger partial charge on any atom is -0.323 e. The van der Waals surface area contributed by atoms with Gasteiger partial charge >= 0.3 is 0 Å². The van der Waals surface area contributed by atoms with Crippen molar-refractivity contribution in [3.05, 3.63) is 72.9 Å². The highest BCUT2D eigenvalue weighted by molar-refractivity contribution is 5.99. The normalized spacial score (nSPS) is 10.7. The van der Waals surface area contributed by atoms with Gasteiger partial charge in [0.25, 0.3) is 0 Å². The molecule has 5 heteroatoms. The molecule has 4 aromatic heterocycles. The van der Waals surface area contributed by atoms with E-state index in [0.717, 1.165) is 33.5 Å². The van der Waals surface area contributed by atoms with Crippen molar-refractivity contribution >= 4 is 22.5 Å². The smallest absolute Gasteiger partial charge is 0.158 e. The number of hydrogen-bond donors (Lipinski definition) is 1. The Morgan fingerprint density at radius 3 is 2.62 bits per heavy atom. The van der Waals surface area contributed by atoms with Crippen molar-refractivity contribution in [2.24, 2.45) is 0 Å². The van der Waals surface area contributed by atoms with Crippen LogP contribution in [0.25, 0.3) is 22.0 Å². The van der Waals surface area contributed by atoms with Crippen molar-refractivity contribution in [2.45, 2.75) is 6.92 Å². The number of anilines is 2. The summed E-state index contributed by atoms with van der Waals surface area (Å²) in [7, 11) is 0. The fourth-order valence-electron chi connectivity index (χ4n) is 2.65. The second-order valence-corrected chi connectivity index (χ2v) is 5.45. The summed E-state index contributed by atoms with van der Waals surface area (Å²) >= 11 is 0. The van der Waals surface area contributed by atoms with Crippen molar-refractivity contribution < 1.29 is 0 Å². The Hall–Kier alpha value is -3.34. The lowest BCUT2D eigenvalue weighted by Crippen LogP contribution is -1.99. The van der Waals surface area contributed by atoms with Crippen LogP contribution in [-0.2, 0) is 0 Å².